The van der Waals surface area contributed by atoms with Gasteiger partial charge in [0.2, 0.25) is 0 Å². The van der Waals surface area contributed by atoms with Gasteiger partial charge >= 0.3 is 0 Å². The fraction of sp³-hybridized carbons (Fsp3) is 1.00. The SMILES string of the molecule is CCOCCNCCOCCOCC(C)C. The van der Waals surface area contributed by atoms with Gasteiger partial charge in [-0.1, -0.05) is 13.8 Å². The van der Waals surface area contributed by atoms with Gasteiger partial charge in [-0.2, -0.15) is 0 Å². The Morgan fingerprint density at radius 2 is 1.50 bits per heavy atom. The van der Waals surface area contributed by atoms with Gasteiger partial charge in [0.05, 0.1) is 26.4 Å². The second kappa shape index (κ2) is 12.9. The maximum absolute atomic E-state index is 5.39. The summed E-state index contributed by atoms with van der Waals surface area (Å²) in [6.07, 6.45) is 0. The first-order valence-corrected chi connectivity index (χ1v) is 6.21. The molecule has 0 radical (unpaired) electrons. The van der Waals surface area contributed by atoms with Crippen LogP contribution in [-0.2, 0) is 14.2 Å². The van der Waals surface area contributed by atoms with Crippen LogP contribution in [0.1, 0.15) is 20.8 Å². The molecule has 0 aliphatic rings. The lowest BCUT2D eigenvalue weighted by atomic mass is 10.2. The number of nitrogens with one attached hydrogen (secondary N) is 1. The molecule has 0 aromatic rings. The third kappa shape index (κ3) is 13.8. The lowest BCUT2D eigenvalue weighted by Gasteiger charge is -2.08. The quantitative estimate of drug-likeness (QED) is 0.516. The van der Waals surface area contributed by atoms with Crippen LogP contribution in [0.25, 0.3) is 0 Å². The predicted octanol–water partition coefficient (Wildman–Crippen LogP) is 1.30. The van der Waals surface area contributed by atoms with Gasteiger partial charge in [0, 0.05) is 26.3 Å². The summed E-state index contributed by atoms with van der Waals surface area (Å²) in [7, 11) is 0. The van der Waals surface area contributed by atoms with Crippen LogP contribution in [0.15, 0.2) is 0 Å². The van der Waals surface area contributed by atoms with Crippen LogP contribution < -0.4 is 5.32 Å². The molecule has 0 bridgehead atoms. The van der Waals surface area contributed by atoms with Gasteiger partial charge in [-0.3, -0.25) is 0 Å². The second-order valence-electron chi connectivity index (χ2n) is 4.03. The molecule has 98 valence electrons. The van der Waals surface area contributed by atoms with Crippen molar-refractivity contribution in [2.24, 2.45) is 5.92 Å². The van der Waals surface area contributed by atoms with E-state index >= 15 is 0 Å². The van der Waals surface area contributed by atoms with Crippen molar-refractivity contribution in [2.45, 2.75) is 20.8 Å². The molecule has 0 atom stereocenters. The van der Waals surface area contributed by atoms with Crippen molar-refractivity contribution >= 4 is 0 Å². The average molecular weight is 233 g/mol. The third-order valence-corrected chi connectivity index (χ3v) is 1.87. The van der Waals surface area contributed by atoms with Crippen molar-refractivity contribution in [2.75, 3.05) is 52.7 Å². The lowest BCUT2D eigenvalue weighted by molar-refractivity contribution is 0.0383. The Balaban J connectivity index is 2.88. The van der Waals surface area contributed by atoms with Gasteiger partial charge in [0.25, 0.3) is 0 Å². The zero-order valence-electron chi connectivity index (χ0n) is 11.0. The van der Waals surface area contributed by atoms with Gasteiger partial charge < -0.3 is 19.5 Å². The van der Waals surface area contributed by atoms with Crippen LogP contribution in [0.2, 0.25) is 0 Å². The average Bonchev–Trinajstić information content (AvgIpc) is 2.25. The van der Waals surface area contributed by atoms with Gasteiger partial charge in [0.1, 0.15) is 0 Å². The van der Waals surface area contributed by atoms with Crippen LogP contribution in [0.4, 0.5) is 0 Å². The lowest BCUT2D eigenvalue weighted by Crippen LogP contribution is -2.24. The topological polar surface area (TPSA) is 39.7 Å². The van der Waals surface area contributed by atoms with E-state index in [0.717, 1.165) is 39.5 Å². The molecule has 0 aromatic heterocycles. The fourth-order valence-corrected chi connectivity index (χ4v) is 1.10. The van der Waals surface area contributed by atoms with Crippen LogP contribution in [0, 0.1) is 5.92 Å². The van der Waals surface area contributed by atoms with Crippen LogP contribution in [0.5, 0.6) is 0 Å². The molecule has 0 aromatic carbocycles. The number of ether oxygens (including phenoxy) is 3. The first kappa shape index (κ1) is 15.8. The molecule has 0 amide bonds. The van der Waals surface area contributed by atoms with Crippen molar-refractivity contribution in [3.8, 4) is 0 Å². The second-order valence-corrected chi connectivity index (χ2v) is 4.03. The maximum atomic E-state index is 5.39. The summed E-state index contributed by atoms with van der Waals surface area (Å²) in [6.45, 7) is 12.5. The molecule has 0 heterocycles. The molecular weight excluding hydrogens is 206 g/mol. The molecule has 0 rings (SSSR count). The van der Waals surface area contributed by atoms with Gasteiger partial charge in [-0.05, 0) is 12.8 Å². The van der Waals surface area contributed by atoms with Gasteiger partial charge in [0.15, 0.2) is 0 Å². The molecule has 16 heavy (non-hydrogen) atoms. The summed E-state index contributed by atoms with van der Waals surface area (Å²) in [5.41, 5.74) is 0. The fourth-order valence-electron chi connectivity index (χ4n) is 1.10. The Kier molecular flexibility index (Phi) is 12.8. The Labute approximate surface area is 99.6 Å². The summed E-state index contributed by atoms with van der Waals surface area (Å²) in [4.78, 5) is 0. The highest BCUT2D eigenvalue weighted by Gasteiger charge is 1.93. The Morgan fingerprint density at radius 1 is 0.875 bits per heavy atom. The van der Waals surface area contributed by atoms with E-state index in [9.17, 15) is 0 Å². The van der Waals surface area contributed by atoms with E-state index in [1.54, 1.807) is 0 Å². The summed E-state index contributed by atoms with van der Waals surface area (Å²) in [5, 5.41) is 3.24. The van der Waals surface area contributed by atoms with Crippen molar-refractivity contribution in [3.63, 3.8) is 0 Å². The van der Waals surface area contributed by atoms with Crippen LogP contribution in [0.3, 0.4) is 0 Å². The number of hydrogen-bond acceptors (Lipinski definition) is 4. The first-order chi connectivity index (χ1) is 7.77. The van der Waals surface area contributed by atoms with Crippen molar-refractivity contribution < 1.29 is 14.2 Å². The summed E-state index contributed by atoms with van der Waals surface area (Å²) in [6, 6.07) is 0. The van der Waals surface area contributed by atoms with E-state index in [1.165, 1.54) is 0 Å². The normalized spacial score (nSPS) is 11.2. The van der Waals surface area contributed by atoms with Crippen LogP contribution >= 0.6 is 0 Å². The molecule has 0 aliphatic carbocycles. The molecule has 0 unspecified atom stereocenters. The zero-order valence-corrected chi connectivity index (χ0v) is 11.0. The molecule has 0 saturated carbocycles. The minimum atomic E-state index is 0.597. The highest BCUT2D eigenvalue weighted by atomic mass is 16.5. The summed E-state index contributed by atoms with van der Waals surface area (Å²) < 4.78 is 16.0. The van der Waals surface area contributed by atoms with Crippen molar-refractivity contribution in [1.29, 1.82) is 0 Å². The van der Waals surface area contributed by atoms with E-state index in [-0.39, 0.29) is 0 Å². The molecular formula is C12H27NO3. The highest BCUT2D eigenvalue weighted by molar-refractivity contribution is 4.45. The standard InChI is InChI=1S/C12H27NO3/c1-4-14-7-5-13-6-8-15-9-10-16-11-12(2)3/h12-13H,4-11H2,1-3H3. The largest absolute Gasteiger partial charge is 0.380 e. The monoisotopic (exact) mass is 233 g/mol. The Hall–Kier alpha value is -0.160. The van der Waals surface area contributed by atoms with E-state index in [1.807, 2.05) is 6.92 Å². The van der Waals surface area contributed by atoms with E-state index < -0.39 is 0 Å². The van der Waals surface area contributed by atoms with Crippen molar-refractivity contribution in [3.05, 3.63) is 0 Å². The first-order valence-electron chi connectivity index (χ1n) is 6.21. The van der Waals surface area contributed by atoms with E-state index in [2.05, 4.69) is 19.2 Å². The number of hydrogen-bond donors (Lipinski definition) is 1. The van der Waals surface area contributed by atoms with Crippen LogP contribution in [-0.4, -0.2) is 52.7 Å². The molecule has 0 aliphatic heterocycles. The van der Waals surface area contributed by atoms with Gasteiger partial charge in [-0.15, -0.1) is 0 Å². The Bertz CT molecular complexity index is 131. The van der Waals surface area contributed by atoms with Gasteiger partial charge in [-0.25, -0.2) is 0 Å². The smallest absolute Gasteiger partial charge is 0.0701 e. The minimum absolute atomic E-state index is 0.597. The molecule has 1 N–H and O–H groups in total. The zero-order chi connectivity index (χ0) is 12.1. The highest BCUT2D eigenvalue weighted by Crippen LogP contribution is 1.91. The van der Waals surface area contributed by atoms with E-state index in [0.29, 0.717) is 19.1 Å². The maximum Gasteiger partial charge on any atom is 0.0701 e. The molecule has 0 saturated heterocycles. The third-order valence-electron chi connectivity index (χ3n) is 1.87. The summed E-state index contributed by atoms with van der Waals surface area (Å²) >= 11 is 0. The minimum Gasteiger partial charge on any atom is -0.380 e. The van der Waals surface area contributed by atoms with E-state index in [4.69, 9.17) is 14.2 Å². The number of rotatable bonds is 12. The molecule has 4 heteroatoms. The molecule has 0 spiro atoms. The summed E-state index contributed by atoms with van der Waals surface area (Å²) in [5.74, 6) is 0.597. The predicted molar refractivity (Wildman–Crippen MR) is 65.8 cm³/mol. The molecule has 0 fully saturated rings. The molecule has 4 nitrogen and oxygen atoms in total. The Morgan fingerprint density at radius 3 is 2.12 bits per heavy atom. The van der Waals surface area contributed by atoms with Crippen molar-refractivity contribution in [1.82, 2.24) is 5.32 Å².